The number of benzene rings is 1. The average Bonchev–Trinajstić information content (AvgIpc) is 3.23. The van der Waals surface area contributed by atoms with Crippen molar-refractivity contribution in [2.24, 2.45) is 0 Å². The van der Waals surface area contributed by atoms with Crippen LogP contribution in [0.1, 0.15) is 25.3 Å². The molecule has 0 radical (unpaired) electrons. The molecule has 0 spiro atoms. The van der Waals surface area contributed by atoms with E-state index in [4.69, 9.17) is 11.6 Å². The minimum absolute atomic E-state index is 0.190. The molecule has 2 N–H and O–H groups in total. The summed E-state index contributed by atoms with van der Waals surface area (Å²) in [6.07, 6.45) is 2.50. The molecule has 21 heavy (non-hydrogen) atoms. The zero-order chi connectivity index (χ0) is 14.8. The highest BCUT2D eigenvalue weighted by Crippen LogP contribution is 2.35. The number of nitrogens with one attached hydrogen (secondary N) is 2. The number of aromatic nitrogens is 3. The molecule has 0 aliphatic heterocycles. The van der Waals surface area contributed by atoms with Crippen molar-refractivity contribution >= 4 is 23.4 Å². The van der Waals surface area contributed by atoms with E-state index in [1.54, 1.807) is 4.57 Å². The van der Waals surface area contributed by atoms with E-state index in [-0.39, 0.29) is 5.69 Å². The topological polar surface area (TPSA) is 62.7 Å². The molecule has 1 fully saturated rings. The van der Waals surface area contributed by atoms with Gasteiger partial charge in [-0.3, -0.25) is 4.57 Å². The van der Waals surface area contributed by atoms with E-state index in [9.17, 15) is 4.79 Å². The molecular weight excluding hydrogens is 308 g/mol. The van der Waals surface area contributed by atoms with Gasteiger partial charge in [0.2, 0.25) is 0 Å². The molecule has 1 heterocycles. The zero-order valence-corrected chi connectivity index (χ0v) is 13.3. The lowest BCUT2D eigenvalue weighted by atomic mass is 10.2. The smallest absolute Gasteiger partial charge is 0.310 e. The molecule has 1 aromatic carbocycles. The summed E-state index contributed by atoms with van der Waals surface area (Å²) in [4.78, 5) is 12.6. The van der Waals surface area contributed by atoms with Crippen molar-refractivity contribution in [2.75, 3.05) is 0 Å². The Morgan fingerprint density at radius 2 is 2.33 bits per heavy atom. The average molecular weight is 325 g/mol. The minimum Gasteiger partial charge on any atom is -0.310 e. The first-order valence-corrected chi connectivity index (χ1v) is 8.22. The molecular formula is C14H17ClN4OS. The van der Waals surface area contributed by atoms with Gasteiger partial charge in [0.1, 0.15) is 0 Å². The molecule has 1 saturated carbocycles. The third-order valence-corrected chi connectivity index (χ3v) is 5.05. The van der Waals surface area contributed by atoms with Crippen molar-refractivity contribution in [1.29, 1.82) is 0 Å². The number of aromatic amines is 1. The maximum Gasteiger partial charge on any atom is 0.343 e. The van der Waals surface area contributed by atoms with Crippen molar-refractivity contribution in [2.45, 2.75) is 48.9 Å². The van der Waals surface area contributed by atoms with E-state index in [1.807, 2.05) is 19.1 Å². The monoisotopic (exact) mass is 324 g/mol. The number of rotatable bonds is 6. The van der Waals surface area contributed by atoms with Gasteiger partial charge in [-0.25, -0.2) is 9.89 Å². The number of halogens is 1. The predicted octanol–water partition coefficient (Wildman–Crippen LogP) is 2.65. The summed E-state index contributed by atoms with van der Waals surface area (Å²) in [5, 5.41) is 11.4. The third kappa shape index (κ3) is 3.33. The molecule has 0 saturated heterocycles. The predicted molar refractivity (Wildman–Crippen MR) is 84.0 cm³/mol. The second-order valence-electron chi connectivity index (χ2n) is 5.04. The second kappa shape index (κ2) is 6.25. The van der Waals surface area contributed by atoms with Crippen molar-refractivity contribution in [3.63, 3.8) is 0 Å². The van der Waals surface area contributed by atoms with Gasteiger partial charge >= 0.3 is 5.69 Å². The Balaban J connectivity index is 1.87. The van der Waals surface area contributed by atoms with Gasteiger partial charge in [-0.05, 0) is 43.2 Å². The first-order valence-electron chi connectivity index (χ1n) is 7.03. The second-order valence-corrected chi connectivity index (χ2v) is 6.43. The van der Waals surface area contributed by atoms with E-state index in [0.717, 1.165) is 17.0 Å². The molecule has 2 aromatic rings. The van der Waals surface area contributed by atoms with E-state index in [2.05, 4.69) is 21.6 Å². The lowest BCUT2D eigenvalue weighted by Gasteiger charge is -2.11. The maximum absolute atomic E-state index is 11.6. The summed E-state index contributed by atoms with van der Waals surface area (Å²) in [5.41, 5.74) is 0.946. The van der Waals surface area contributed by atoms with Crippen molar-refractivity contribution in [3.05, 3.63) is 39.3 Å². The number of nitrogens with zero attached hydrogens (tertiary/aromatic N) is 2. The molecule has 1 aliphatic carbocycles. The molecule has 5 nitrogen and oxygen atoms in total. The molecule has 0 bridgehead atoms. The van der Waals surface area contributed by atoms with Gasteiger partial charge in [-0.15, -0.1) is 5.10 Å². The van der Waals surface area contributed by atoms with Crippen LogP contribution in [0.5, 0.6) is 0 Å². The Labute approximate surface area is 132 Å². The van der Waals surface area contributed by atoms with Gasteiger partial charge in [0.05, 0.1) is 5.02 Å². The molecule has 1 aliphatic rings. The lowest BCUT2D eigenvalue weighted by molar-refractivity contribution is 0.659. The SMILES string of the molecule is CCn1c(Sc2c(Cl)cccc2CNC2CC2)n[nH]c1=O. The van der Waals surface area contributed by atoms with Crippen LogP contribution >= 0.6 is 23.4 Å². The zero-order valence-electron chi connectivity index (χ0n) is 11.7. The van der Waals surface area contributed by atoms with Gasteiger partial charge in [-0.1, -0.05) is 23.7 Å². The van der Waals surface area contributed by atoms with Crippen LogP contribution in [0.4, 0.5) is 0 Å². The largest absolute Gasteiger partial charge is 0.343 e. The first kappa shape index (κ1) is 14.7. The third-order valence-electron chi connectivity index (χ3n) is 3.44. The number of hydrogen-bond donors (Lipinski definition) is 2. The fourth-order valence-electron chi connectivity index (χ4n) is 2.10. The fraction of sp³-hybridized carbons (Fsp3) is 0.429. The number of hydrogen-bond acceptors (Lipinski definition) is 4. The van der Waals surface area contributed by atoms with Crippen molar-refractivity contribution in [1.82, 2.24) is 20.1 Å². The Kier molecular flexibility index (Phi) is 4.37. The van der Waals surface area contributed by atoms with Crippen molar-refractivity contribution < 1.29 is 0 Å². The molecule has 0 atom stereocenters. The highest BCUT2D eigenvalue weighted by molar-refractivity contribution is 7.99. The van der Waals surface area contributed by atoms with Crippen LogP contribution in [0.25, 0.3) is 0 Å². The normalized spacial score (nSPS) is 14.6. The lowest BCUT2D eigenvalue weighted by Crippen LogP contribution is -2.17. The Morgan fingerprint density at radius 3 is 3.05 bits per heavy atom. The minimum atomic E-state index is -0.190. The molecule has 0 unspecified atom stereocenters. The summed E-state index contributed by atoms with van der Waals surface area (Å²) < 4.78 is 1.60. The quantitative estimate of drug-likeness (QED) is 0.857. The van der Waals surface area contributed by atoms with Gasteiger partial charge in [0.15, 0.2) is 5.16 Å². The van der Waals surface area contributed by atoms with Crippen LogP contribution in [0.3, 0.4) is 0 Å². The van der Waals surface area contributed by atoms with Crippen molar-refractivity contribution in [3.8, 4) is 0 Å². The Morgan fingerprint density at radius 1 is 1.52 bits per heavy atom. The molecule has 112 valence electrons. The molecule has 1 aromatic heterocycles. The van der Waals surface area contributed by atoms with E-state index < -0.39 is 0 Å². The number of H-pyrrole nitrogens is 1. The Bertz CT molecular complexity index is 693. The maximum atomic E-state index is 11.6. The van der Waals surface area contributed by atoms with Gasteiger partial charge in [0.25, 0.3) is 0 Å². The van der Waals surface area contributed by atoms with Crippen LogP contribution in [-0.2, 0) is 13.1 Å². The van der Waals surface area contributed by atoms with E-state index in [0.29, 0.717) is 22.8 Å². The van der Waals surface area contributed by atoms with E-state index >= 15 is 0 Å². The van der Waals surface area contributed by atoms with Gasteiger partial charge < -0.3 is 5.32 Å². The van der Waals surface area contributed by atoms with Gasteiger partial charge in [0, 0.05) is 24.0 Å². The van der Waals surface area contributed by atoms with Gasteiger partial charge in [-0.2, -0.15) is 0 Å². The standard InChI is InChI=1S/C14H17ClN4OS/c1-2-19-13(20)17-18-14(19)21-12-9(4-3-5-11(12)15)8-16-10-6-7-10/h3-5,10,16H,2,6-8H2,1H3,(H,17,20). The van der Waals surface area contributed by atoms with Crippen LogP contribution in [0.2, 0.25) is 5.02 Å². The highest BCUT2D eigenvalue weighted by Gasteiger charge is 2.21. The van der Waals surface area contributed by atoms with Crippen LogP contribution in [0.15, 0.2) is 33.0 Å². The summed E-state index contributed by atoms with van der Waals surface area (Å²) in [6.45, 7) is 3.29. The summed E-state index contributed by atoms with van der Waals surface area (Å²) in [6, 6.07) is 6.52. The van der Waals surface area contributed by atoms with Crippen LogP contribution < -0.4 is 11.0 Å². The molecule has 3 rings (SSSR count). The molecule has 0 amide bonds. The van der Waals surface area contributed by atoms with Crippen LogP contribution in [0, 0.1) is 0 Å². The van der Waals surface area contributed by atoms with E-state index in [1.165, 1.54) is 24.6 Å². The molecule has 7 heteroatoms. The summed E-state index contributed by atoms with van der Waals surface area (Å²) in [7, 11) is 0. The highest BCUT2D eigenvalue weighted by atomic mass is 35.5. The Hall–Kier alpha value is -1.24. The summed E-state index contributed by atoms with van der Waals surface area (Å²) in [5.74, 6) is 0. The summed E-state index contributed by atoms with van der Waals surface area (Å²) >= 11 is 7.77. The first-order chi connectivity index (χ1) is 10.2. The fourth-order valence-corrected chi connectivity index (χ4v) is 3.44. The van der Waals surface area contributed by atoms with Crippen LogP contribution in [-0.4, -0.2) is 20.8 Å².